The molecule has 1 saturated heterocycles. The summed E-state index contributed by atoms with van der Waals surface area (Å²) in [5, 5.41) is 32.1. The molecule has 1 aliphatic rings. The summed E-state index contributed by atoms with van der Waals surface area (Å²) in [5.41, 5.74) is 6.28. The first kappa shape index (κ1) is 32.0. The van der Waals surface area contributed by atoms with E-state index in [-0.39, 0.29) is 31.5 Å². The summed E-state index contributed by atoms with van der Waals surface area (Å²) in [6, 6.07) is 3.04. The Balaban J connectivity index is 0.000000601. The second-order valence-electron chi connectivity index (χ2n) is 7.51. The molecule has 0 aliphatic carbocycles. The lowest BCUT2D eigenvalue weighted by Crippen LogP contribution is -2.23. The van der Waals surface area contributed by atoms with E-state index in [0.717, 1.165) is 19.5 Å². The number of rotatable bonds is 11. The van der Waals surface area contributed by atoms with Crippen LogP contribution in [-0.4, -0.2) is 75.4 Å². The van der Waals surface area contributed by atoms with Gasteiger partial charge in [0.1, 0.15) is 11.6 Å². The van der Waals surface area contributed by atoms with Gasteiger partial charge in [-0.2, -0.15) is 0 Å². The van der Waals surface area contributed by atoms with Gasteiger partial charge in [-0.05, 0) is 38.4 Å². The van der Waals surface area contributed by atoms with Crippen LogP contribution in [-0.2, 0) is 25.7 Å². The van der Waals surface area contributed by atoms with Gasteiger partial charge in [0.25, 0.3) is 0 Å². The number of nitrogens with two attached hydrogens (primary N) is 1. The number of benzene rings is 1. The molecular formula is C22H32ClFN2O9. The number of hydrogen-bond donors (Lipinski definition) is 5. The molecule has 0 bridgehead atoms. The third kappa shape index (κ3) is 15.5. The molecule has 0 saturated carbocycles. The van der Waals surface area contributed by atoms with Crippen molar-refractivity contribution in [3.05, 3.63) is 28.5 Å². The van der Waals surface area contributed by atoms with Gasteiger partial charge >= 0.3 is 23.9 Å². The molecule has 11 nitrogen and oxygen atoms in total. The van der Waals surface area contributed by atoms with E-state index < -0.39 is 23.9 Å². The molecular weight excluding hydrogens is 491 g/mol. The Morgan fingerprint density at radius 1 is 1.03 bits per heavy atom. The van der Waals surface area contributed by atoms with Gasteiger partial charge in [-0.3, -0.25) is 24.1 Å². The van der Waals surface area contributed by atoms with Crippen LogP contribution < -0.4 is 10.5 Å². The van der Waals surface area contributed by atoms with Crippen LogP contribution in [0.25, 0.3) is 0 Å². The van der Waals surface area contributed by atoms with Gasteiger partial charge in [0.15, 0.2) is 0 Å². The Labute approximate surface area is 207 Å². The van der Waals surface area contributed by atoms with Crippen molar-refractivity contribution in [1.82, 2.24) is 4.90 Å². The average Bonchev–Trinajstić information content (AvgIpc) is 3.23. The number of carboxylic acids is 4. The van der Waals surface area contributed by atoms with E-state index in [4.69, 9.17) is 42.5 Å². The van der Waals surface area contributed by atoms with Crippen molar-refractivity contribution in [3.63, 3.8) is 0 Å². The molecule has 1 aromatic rings. The average molecular weight is 523 g/mol. The van der Waals surface area contributed by atoms with Crippen LogP contribution in [0.4, 0.5) is 4.39 Å². The second-order valence-corrected chi connectivity index (χ2v) is 7.91. The maximum Gasteiger partial charge on any atom is 0.303 e. The third-order valence-electron chi connectivity index (χ3n) is 4.60. The van der Waals surface area contributed by atoms with Gasteiger partial charge < -0.3 is 30.9 Å². The first-order chi connectivity index (χ1) is 16.4. The van der Waals surface area contributed by atoms with Crippen LogP contribution in [0, 0.1) is 11.7 Å². The second kappa shape index (κ2) is 17.5. The fourth-order valence-electron chi connectivity index (χ4n) is 2.87. The Kier molecular flexibility index (Phi) is 16.0. The van der Waals surface area contributed by atoms with Crippen molar-refractivity contribution in [1.29, 1.82) is 0 Å². The Morgan fingerprint density at radius 3 is 1.89 bits per heavy atom. The van der Waals surface area contributed by atoms with Gasteiger partial charge in [0.2, 0.25) is 0 Å². The van der Waals surface area contributed by atoms with Crippen LogP contribution in [0.5, 0.6) is 5.75 Å². The van der Waals surface area contributed by atoms with E-state index in [1.165, 1.54) is 6.07 Å². The highest BCUT2D eigenvalue weighted by atomic mass is 35.5. The SMILES string of the molecule is CCOc1cc(F)c(CN2CC[C@@H](CN)C2)cc1Cl.O=C(O)CCC(=O)O.O=C(O)CCC(=O)O. The lowest BCUT2D eigenvalue weighted by atomic mass is 10.1. The van der Waals surface area contributed by atoms with Crippen molar-refractivity contribution in [2.24, 2.45) is 11.7 Å². The zero-order chi connectivity index (χ0) is 27.0. The van der Waals surface area contributed by atoms with Crippen molar-refractivity contribution >= 4 is 35.5 Å². The Hall–Kier alpha value is -2.96. The third-order valence-corrected chi connectivity index (χ3v) is 4.90. The van der Waals surface area contributed by atoms with Crippen LogP contribution in [0.2, 0.25) is 5.02 Å². The molecule has 0 unspecified atom stereocenters. The zero-order valence-electron chi connectivity index (χ0n) is 19.4. The van der Waals surface area contributed by atoms with Crippen LogP contribution in [0.3, 0.4) is 0 Å². The van der Waals surface area contributed by atoms with E-state index in [1.54, 1.807) is 6.07 Å². The molecule has 1 aromatic carbocycles. The van der Waals surface area contributed by atoms with Gasteiger partial charge in [0, 0.05) is 24.7 Å². The predicted octanol–water partition coefficient (Wildman–Crippen LogP) is 2.53. The van der Waals surface area contributed by atoms with Gasteiger partial charge in [-0.25, -0.2) is 4.39 Å². The number of nitrogens with zero attached hydrogens (tertiary/aromatic N) is 1. The largest absolute Gasteiger partial charge is 0.492 e. The minimum absolute atomic E-state index is 0.260. The number of ether oxygens (including phenoxy) is 1. The quantitative estimate of drug-likeness (QED) is 0.287. The molecule has 13 heteroatoms. The molecule has 35 heavy (non-hydrogen) atoms. The molecule has 6 N–H and O–H groups in total. The van der Waals surface area contributed by atoms with Crippen LogP contribution in [0.1, 0.15) is 44.6 Å². The van der Waals surface area contributed by atoms with E-state index >= 15 is 0 Å². The molecule has 0 spiro atoms. The fourth-order valence-corrected chi connectivity index (χ4v) is 3.12. The summed E-state index contributed by atoms with van der Waals surface area (Å²) < 4.78 is 19.3. The molecule has 0 amide bonds. The minimum atomic E-state index is -1.08. The molecule has 198 valence electrons. The molecule has 0 aromatic heterocycles. The molecule has 1 heterocycles. The monoisotopic (exact) mass is 522 g/mol. The maximum atomic E-state index is 14.0. The van der Waals surface area contributed by atoms with Crippen LogP contribution >= 0.6 is 11.6 Å². The van der Waals surface area contributed by atoms with Crippen molar-refractivity contribution in [3.8, 4) is 5.75 Å². The first-order valence-corrected chi connectivity index (χ1v) is 11.2. The normalized spacial score (nSPS) is 14.7. The Bertz CT molecular complexity index is 798. The standard InChI is InChI=1S/C14H20ClFN2O.2C4H6O4/c1-2-19-14-6-13(16)11(5-12(14)15)9-18-4-3-10(7-17)8-18;2*5-3(6)1-2-4(7)8/h5-6,10H,2-4,7-9,17H2,1H3;2*1-2H2,(H,5,6)(H,7,8)/t10-;;/m0../s1. The topological polar surface area (TPSA) is 188 Å². The summed E-state index contributed by atoms with van der Waals surface area (Å²) in [6.45, 7) is 5.49. The first-order valence-electron chi connectivity index (χ1n) is 10.8. The fraction of sp³-hybridized carbons (Fsp3) is 0.545. The highest BCUT2D eigenvalue weighted by Gasteiger charge is 2.22. The van der Waals surface area contributed by atoms with Crippen molar-refractivity contribution < 1.29 is 48.7 Å². The van der Waals surface area contributed by atoms with E-state index in [2.05, 4.69) is 4.90 Å². The molecule has 1 atom stereocenters. The number of halogens is 2. The zero-order valence-corrected chi connectivity index (χ0v) is 20.2. The lowest BCUT2D eigenvalue weighted by Gasteiger charge is -2.17. The van der Waals surface area contributed by atoms with Gasteiger partial charge in [-0.1, -0.05) is 11.6 Å². The number of hydrogen-bond acceptors (Lipinski definition) is 7. The van der Waals surface area contributed by atoms with Gasteiger partial charge in [0.05, 0.1) is 37.3 Å². The number of likely N-dealkylation sites (tertiary alicyclic amines) is 1. The Morgan fingerprint density at radius 2 is 1.51 bits per heavy atom. The highest BCUT2D eigenvalue weighted by Crippen LogP contribution is 2.29. The van der Waals surface area contributed by atoms with Crippen molar-refractivity contribution in [2.75, 3.05) is 26.2 Å². The summed E-state index contributed by atoms with van der Waals surface area (Å²) in [5.74, 6) is -3.63. The molecule has 2 rings (SSSR count). The molecule has 1 aliphatic heterocycles. The van der Waals surface area contributed by atoms with E-state index in [1.807, 2.05) is 6.92 Å². The number of carboxylic acid groups (broad SMARTS) is 4. The van der Waals surface area contributed by atoms with Crippen LogP contribution in [0.15, 0.2) is 12.1 Å². The summed E-state index contributed by atoms with van der Waals surface area (Å²) in [6.07, 6.45) is -0.0990. The molecule has 0 radical (unpaired) electrons. The number of aliphatic carboxylic acids is 4. The summed E-state index contributed by atoms with van der Waals surface area (Å²) >= 11 is 6.09. The summed E-state index contributed by atoms with van der Waals surface area (Å²) in [7, 11) is 0. The predicted molar refractivity (Wildman–Crippen MR) is 124 cm³/mol. The smallest absolute Gasteiger partial charge is 0.303 e. The molecule has 1 fully saturated rings. The highest BCUT2D eigenvalue weighted by molar-refractivity contribution is 6.32. The minimum Gasteiger partial charge on any atom is -0.492 e. The lowest BCUT2D eigenvalue weighted by molar-refractivity contribution is -0.143. The van der Waals surface area contributed by atoms with Crippen molar-refractivity contribution in [2.45, 2.75) is 45.6 Å². The maximum absolute atomic E-state index is 14.0. The summed E-state index contributed by atoms with van der Waals surface area (Å²) in [4.78, 5) is 40.8. The number of carbonyl (C=O) groups is 4. The van der Waals surface area contributed by atoms with E-state index in [9.17, 15) is 23.6 Å². The van der Waals surface area contributed by atoms with E-state index in [0.29, 0.717) is 41.9 Å². The van der Waals surface area contributed by atoms with Gasteiger partial charge in [-0.15, -0.1) is 0 Å².